The topological polar surface area (TPSA) is 37.4 Å². The fraction of sp³-hybridized carbons (Fsp3) is 0.238. The second-order valence-corrected chi connectivity index (χ2v) is 8.65. The van der Waals surface area contributed by atoms with Gasteiger partial charge in [0.2, 0.25) is 0 Å². The minimum absolute atomic E-state index is 0.00114. The summed E-state index contributed by atoms with van der Waals surface area (Å²) in [7, 11) is 0. The number of nitrogens with zero attached hydrogens (tertiary/aromatic N) is 1. The zero-order valence-corrected chi connectivity index (χ0v) is 16.5. The first kappa shape index (κ1) is 18.5. The van der Waals surface area contributed by atoms with E-state index in [0.29, 0.717) is 22.8 Å². The fourth-order valence-corrected chi connectivity index (χ4v) is 4.49. The third kappa shape index (κ3) is 4.68. The molecule has 26 heavy (non-hydrogen) atoms. The standard InChI is InChI=1S/C21H21NO2S2/c1-15-8-9-18(25-15)14-22(13-12-17-6-4-3-5-7-17)21(24)20-11-10-19(26-20)16(2)23/h3-11H,12-14H2,1-2H3. The summed E-state index contributed by atoms with van der Waals surface area (Å²) in [6.07, 6.45) is 0.807. The van der Waals surface area contributed by atoms with Crippen LogP contribution in [0.3, 0.4) is 0 Å². The van der Waals surface area contributed by atoms with Crippen LogP contribution in [0.5, 0.6) is 0 Å². The highest BCUT2D eigenvalue weighted by molar-refractivity contribution is 7.16. The molecule has 0 unspecified atom stereocenters. The highest BCUT2D eigenvalue weighted by Crippen LogP contribution is 2.22. The molecule has 134 valence electrons. The summed E-state index contributed by atoms with van der Waals surface area (Å²) in [5, 5.41) is 0. The lowest BCUT2D eigenvalue weighted by Gasteiger charge is -2.21. The molecule has 0 saturated carbocycles. The van der Waals surface area contributed by atoms with Gasteiger partial charge in [-0.05, 0) is 50.1 Å². The van der Waals surface area contributed by atoms with E-state index in [2.05, 4.69) is 31.2 Å². The molecule has 0 spiro atoms. The summed E-state index contributed by atoms with van der Waals surface area (Å²) in [4.78, 5) is 30.1. The molecule has 1 amide bonds. The fourth-order valence-electron chi connectivity index (χ4n) is 2.72. The number of amides is 1. The number of benzene rings is 1. The molecular weight excluding hydrogens is 362 g/mol. The number of ketones is 1. The van der Waals surface area contributed by atoms with Crippen LogP contribution in [-0.4, -0.2) is 23.1 Å². The molecule has 0 aliphatic carbocycles. The normalized spacial score (nSPS) is 10.7. The second-order valence-electron chi connectivity index (χ2n) is 6.19. The van der Waals surface area contributed by atoms with Crippen molar-refractivity contribution in [2.24, 2.45) is 0 Å². The summed E-state index contributed by atoms with van der Waals surface area (Å²) in [6, 6.07) is 17.9. The average Bonchev–Trinajstić information content (AvgIpc) is 3.28. The second kappa shape index (κ2) is 8.43. The largest absolute Gasteiger partial charge is 0.332 e. The molecule has 0 radical (unpaired) electrons. The van der Waals surface area contributed by atoms with Gasteiger partial charge in [-0.2, -0.15) is 0 Å². The van der Waals surface area contributed by atoms with E-state index in [1.165, 1.54) is 33.6 Å². The molecule has 3 rings (SSSR count). The van der Waals surface area contributed by atoms with Gasteiger partial charge in [-0.15, -0.1) is 22.7 Å². The lowest BCUT2D eigenvalue weighted by atomic mass is 10.1. The van der Waals surface area contributed by atoms with Crippen molar-refractivity contribution in [3.8, 4) is 0 Å². The lowest BCUT2D eigenvalue weighted by Crippen LogP contribution is -2.31. The Hall–Kier alpha value is -2.24. The Balaban J connectivity index is 1.78. The molecule has 0 aliphatic rings. The Kier molecular flexibility index (Phi) is 6.01. The number of carbonyl (C=O) groups excluding carboxylic acids is 2. The van der Waals surface area contributed by atoms with Crippen molar-refractivity contribution in [3.63, 3.8) is 0 Å². The van der Waals surface area contributed by atoms with Crippen LogP contribution >= 0.6 is 22.7 Å². The van der Waals surface area contributed by atoms with Gasteiger partial charge in [0.1, 0.15) is 0 Å². The molecule has 0 aliphatic heterocycles. The molecule has 5 heteroatoms. The van der Waals surface area contributed by atoms with Crippen molar-refractivity contribution < 1.29 is 9.59 Å². The summed E-state index contributed by atoms with van der Waals surface area (Å²) >= 11 is 2.99. The molecule has 2 aromatic heterocycles. The zero-order valence-electron chi connectivity index (χ0n) is 14.9. The van der Waals surface area contributed by atoms with Gasteiger partial charge in [-0.25, -0.2) is 0 Å². The SMILES string of the molecule is CC(=O)c1ccc(C(=O)N(CCc2ccccc2)Cc2ccc(C)s2)s1. The molecule has 3 aromatic rings. The van der Waals surface area contributed by atoms with Gasteiger partial charge in [0.25, 0.3) is 5.91 Å². The molecule has 0 atom stereocenters. The number of hydrogen-bond donors (Lipinski definition) is 0. The highest BCUT2D eigenvalue weighted by Gasteiger charge is 2.19. The first-order valence-corrected chi connectivity index (χ1v) is 10.2. The van der Waals surface area contributed by atoms with E-state index in [1.54, 1.807) is 23.5 Å². The van der Waals surface area contributed by atoms with Gasteiger partial charge < -0.3 is 4.90 Å². The van der Waals surface area contributed by atoms with Crippen LogP contribution < -0.4 is 0 Å². The van der Waals surface area contributed by atoms with Crippen LogP contribution in [0.4, 0.5) is 0 Å². The maximum absolute atomic E-state index is 13.0. The van der Waals surface area contributed by atoms with Gasteiger partial charge in [0.05, 0.1) is 16.3 Å². The first-order chi connectivity index (χ1) is 12.5. The van der Waals surface area contributed by atoms with E-state index in [0.717, 1.165) is 6.42 Å². The predicted octanol–water partition coefficient (Wildman–Crippen LogP) is 5.21. The van der Waals surface area contributed by atoms with E-state index in [9.17, 15) is 9.59 Å². The minimum Gasteiger partial charge on any atom is -0.332 e. The molecule has 2 heterocycles. The van der Waals surface area contributed by atoms with Crippen LogP contribution in [0.1, 0.15) is 41.6 Å². The molecule has 0 fully saturated rings. The first-order valence-electron chi connectivity index (χ1n) is 8.52. The van der Waals surface area contributed by atoms with Gasteiger partial charge in [-0.1, -0.05) is 30.3 Å². The third-order valence-electron chi connectivity index (χ3n) is 4.11. The molecule has 0 N–H and O–H groups in total. The third-order valence-corrected chi connectivity index (χ3v) is 6.27. The van der Waals surface area contributed by atoms with E-state index in [-0.39, 0.29) is 11.7 Å². The van der Waals surface area contributed by atoms with Gasteiger partial charge in [0.15, 0.2) is 5.78 Å². The van der Waals surface area contributed by atoms with Crippen molar-refractivity contribution >= 4 is 34.4 Å². The maximum atomic E-state index is 13.0. The van der Waals surface area contributed by atoms with Crippen molar-refractivity contribution in [1.29, 1.82) is 0 Å². The Labute approximate surface area is 161 Å². The Bertz CT molecular complexity index is 896. The lowest BCUT2D eigenvalue weighted by molar-refractivity contribution is 0.0751. The van der Waals surface area contributed by atoms with Gasteiger partial charge in [-0.3, -0.25) is 9.59 Å². The monoisotopic (exact) mass is 383 g/mol. The Morgan fingerprint density at radius 1 is 0.923 bits per heavy atom. The number of hydrogen-bond acceptors (Lipinski definition) is 4. The maximum Gasteiger partial charge on any atom is 0.264 e. The number of carbonyl (C=O) groups is 2. The molecule has 1 aromatic carbocycles. The molecule has 0 bridgehead atoms. The smallest absolute Gasteiger partial charge is 0.264 e. The van der Waals surface area contributed by atoms with Crippen molar-refractivity contribution in [1.82, 2.24) is 4.90 Å². The average molecular weight is 384 g/mol. The van der Waals surface area contributed by atoms with Crippen LogP contribution in [-0.2, 0) is 13.0 Å². The van der Waals surface area contributed by atoms with E-state index in [1.807, 2.05) is 23.1 Å². The quantitative estimate of drug-likeness (QED) is 0.526. The molecular formula is C21H21NO2S2. The van der Waals surface area contributed by atoms with Crippen molar-refractivity contribution in [2.75, 3.05) is 6.54 Å². The summed E-state index contributed by atoms with van der Waals surface area (Å²) in [5.41, 5.74) is 1.21. The number of thiophene rings is 2. The van der Waals surface area contributed by atoms with Crippen molar-refractivity contribution in [3.05, 3.63) is 79.7 Å². The van der Waals surface area contributed by atoms with E-state index >= 15 is 0 Å². The zero-order chi connectivity index (χ0) is 18.5. The number of rotatable bonds is 7. The summed E-state index contributed by atoms with van der Waals surface area (Å²) in [6.45, 7) is 4.84. The number of Topliss-reactive ketones (excluding diaryl/α,β-unsaturated/α-hetero) is 1. The van der Waals surface area contributed by atoms with Gasteiger partial charge in [0, 0.05) is 16.3 Å². The van der Waals surface area contributed by atoms with Crippen LogP contribution in [0.2, 0.25) is 0 Å². The van der Waals surface area contributed by atoms with Crippen LogP contribution in [0.25, 0.3) is 0 Å². The summed E-state index contributed by atoms with van der Waals surface area (Å²) in [5.74, 6) is -0.0109. The Morgan fingerprint density at radius 3 is 2.27 bits per heavy atom. The number of aryl methyl sites for hydroxylation is 1. The van der Waals surface area contributed by atoms with Crippen LogP contribution in [0.15, 0.2) is 54.6 Å². The Morgan fingerprint density at radius 2 is 1.65 bits per heavy atom. The molecule has 3 nitrogen and oxygen atoms in total. The highest BCUT2D eigenvalue weighted by atomic mass is 32.1. The van der Waals surface area contributed by atoms with Crippen molar-refractivity contribution in [2.45, 2.75) is 26.8 Å². The predicted molar refractivity (Wildman–Crippen MR) is 108 cm³/mol. The molecule has 0 saturated heterocycles. The minimum atomic E-state index is -0.00974. The van der Waals surface area contributed by atoms with Gasteiger partial charge >= 0.3 is 0 Å². The van der Waals surface area contributed by atoms with Crippen LogP contribution in [0, 0.1) is 6.92 Å². The van der Waals surface area contributed by atoms with E-state index in [4.69, 9.17) is 0 Å². The van der Waals surface area contributed by atoms with E-state index < -0.39 is 0 Å². The summed E-state index contributed by atoms with van der Waals surface area (Å²) < 4.78 is 0.